The van der Waals surface area contributed by atoms with E-state index in [1.54, 1.807) is 0 Å². The lowest BCUT2D eigenvalue weighted by molar-refractivity contribution is 0.313. The highest BCUT2D eigenvalue weighted by Gasteiger charge is 2.15. The maximum Gasteiger partial charge on any atom is 0.205 e. The highest BCUT2D eigenvalue weighted by atomic mass is 79.9. The summed E-state index contributed by atoms with van der Waals surface area (Å²) in [6.45, 7) is 11.7. The number of rotatable bonds is 3. The summed E-state index contributed by atoms with van der Waals surface area (Å²) in [4.78, 5) is 0. The normalized spacial score (nSPS) is 12.2. The minimum Gasteiger partial charge on any atom is -0.413 e. The Kier molecular flexibility index (Phi) is 4.77. The summed E-state index contributed by atoms with van der Waals surface area (Å²) in [5, 5.41) is 0. The standard InChI is InChI=1S/C13H20BrOSi/c1-13(2,3)11-6-7-12(14)10(8-11)9-15-16(4)5/h6-8H,9H2,1-5H3. The van der Waals surface area contributed by atoms with Gasteiger partial charge in [0.05, 0.1) is 6.61 Å². The van der Waals surface area contributed by atoms with Gasteiger partial charge in [-0.15, -0.1) is 0 Å². The van der Waals surface area contributed by atoms with Crippen molar-refractivity contribution in [3.63, 3.8) is 0 Å². The molecule has 89 valence electrons. The fourth-order valence-electron chi connectivity index (χ4n) is 1.37. The third-order valence-corrected chi connectivity index (χ3v) is 3.92. The third kappa shape index (κ3) is 4.04. The molecule has 1 aromatic carbocycles. The molecule has 0 N–H and O–H groups in total. The molecule has 0 saturated heterocycles. The van der Waals surface area contributed by atoms with Crippen LogP contribution in [0.25, 0.3) is 0 Å². The van der Waals surface area contributed by atoms with Crippen LogP contribution in [0, 0.1) is 0 Å². The van der Waals surface area contributed by atoms with Crippen LogP contribution >= 0.6 is 15.9 Å². The smallest absolute Gasteiger partial charge is 0.205 e. The van der Waals surface area contributed by atoms with E-state index in [4.69, 9.17) is 4.43 Å². The minimum absolute atomic E-state index is 0.196. The molecular formula is C13H20BrOSi. The fourth-order valence-corrected chi connectivity index (χ4v) is 2.18. The summed E-state index contributed by atoms with van der Waals surface area (Å²) in [6.07, 6.45) is 0. The van der Waals surface area contributed by atoms with Crippen LogP contribution in [0.15, 0.2) is 22.7 Å². The van der Waals surface area contributed by atoms with Gasteiger partial charge in [-0.3, -0.25) is 0 Å². The summed E-state index contributed by atoms with van der Waals surface area (Å²) < 4.78 is 6.89. The molecule has 0 saturated carbocycles. The van der Waals surface area contributed by atoms with Crippen molar-refractivity contribution in [1.82, 2.24) is 0 Å². The van der Waals surface area contributed by atoms with Crippen LogP contribution in [-0.2, 0) is 16.4 Å². The van der Waals surface area contributed by atoms with Crippen LogP contribution in [-0.4, -0.2) is 9.04 Å². The molecular weight excluding hydrogens is 280 g/mol. The van der Waals surface area contributed by atoms with Crippen LogP contribution in [0.4, 0.5) is 0 Å². The van der Waals surface area contributed by atoms with Crippen molar-refractivity contribution >= 4 is 25.0 Å². The van der Waals surface area contributed by atoms with E-state index in [1.807, 2.05) is 0 Å². The lowest BCUT2D eigenvalue weighted by atomic mass is 9.86. The molecule has 0 fully saturated rings. The Bertz CT molecular complexity index is 355. The van der Waals surface area contributed by atoms with Crippen molar-refractivity contribution < 1.29 is 4.43 Å². The molecule has 1 radical (unpaired) electrons. The van der Waals surface area contributed by atoms with Gasteiger partial charge < -0.3 is 4.43 Å². The SMILES string of the molecule is C[Si](C)OCc1cc(C(C)(C)C)ccc1Br. The van der Waals surface area contributed by atoms with Gasteiger partial charge in [-0.25, -0.2) is 0 Å². The largest absolute Gasteiger partial charge is 0.413 e. The second-order valence-electron chi connectivity index (χ2n) is 5.25. The molecule has 0 amide bonds. The van der Waals surface area contributed by atoms with E-state index in [0.717, 1.165) is 4.47 Å². The molecule has 3 heteroatoms. The minimum atomic E-state index is -0.617. The Labute approximate surface area is 109 Å². The van der Waals surface area contributed by atoms with E-state index in [0.29, 0.717) is 6.61 Å². The van der Waals surface area contributed by atoms with Gasteiger partial charge in [0.15, 0.2) is 0 Å². The quantitative estimate of drug-likeness (QED) is 0.746. The third-order valence-electron chi connectivity index (χ3n) is 2.43. The van der Waals surface area contributed by atoms with Crippen LogP contribution in [0.5, 0.6) is 0 Å². The summed E-state index contributed by atoms with van der Waals surface area (Å²) in [5.41, 5.74) is 2.80. The summed E-state index contributed by atoms with van der Waals surface area (Å²) in [6, 6.07) is 6.54. The molecule has 0 spiro atoms. The van der Waals surface area contributed by atoms with Crippen molar-refractivity contribution in [3.05, 3.63) is 33.8 Å². The van der Waals surface area contributed by atoms with Gasteiger partial charge in [-0.05, 0) is 35.7 Å². The van der Waals surface area contributed by atoms with E-state index in [9.17, 15) is 0 Å². The van der Waals surface area contributed by atoms with Crippen molar-refractivity contribution in [2.75, 3.05) is 0 Å². The maximum absolute atomic E-state index is 5.75. The Morgan fingerprint density at radius 1 is 1.25 bits per heavy atom. The zero-order valence-corrected chi connectivity index (χ0v) is 13.3. The zero-order chi connectivity index (χ0) is 12.3. The van der Waals surface area contributed by atoms with E-state index in [-0.39, 0.29) is 5.41 Å². The molecule has 0 heterocycles. The molecule has 0 unspecified atom stereocenters. The van der Waals surface area contributed by atoms with Gasteiger partial charge in [-0.1, -0.05) is 48.8 Å². The topological polar surface area (TPSA) is 9.23 Å². The van der Waals surface area contributed by atoms with Crippen molar-refractivity contribution in [2.45, 2.75) is 45.9 Å². The van der Waals surface area contributed by atoms with E-state index in [2.05, 4.69) is 68.0 Å². The number of hydrogen-bond donors (Lipinski definition) is 0. The van der Waals surface area contributed by atoms with Crippen molar-refractivity contribution in [3.8, 4) is 0 Å². The zero-order valence-electron chi connectivity index (χ0n) is 10.7. The van der Waals surface area contributed by atoms with Gasteiger partial charge in [0.2, 0.25) is 9.04 Å². The number of halogens is 1. The van der Waals surface area contributed by atoms with Crippen molar-refractivity contribution in [1.29, 1.82) is 0 Å². The van der Waals surface area contributed by atoms with Crippen LogP contribution in [0.1, 0.15) is 31.9 Å². The van der Waals surface area contributed by atoms with Crippen LogP contribution in [0.3, 0.4) is 0 Å². The average Bonchev–Trinajstić information content (AvgIpc) is 2.14. The molecule has 16 heavy (non-hydrogen) atoms. The molecule has 0 bridgehead atoms. The molecule has 0 aromatic heterocycles. The molecule has 0 aliphatic heterocycles. The first-order chi connectivity index (χ1) is 7.30. The first-order valence-electron chi connectivity index (χ1n) is 5.52. The fraction of sp³-hybridized carbons (Fsp3) is 0.538. The lowest BCUT2D eigenvalue weighted by Crippen LogP contribution is -2.12. The summed E-state index contributed by atoms with van der Waals surface area (Å²) in [7, 11) is -0.617. The molecule has 0 aliphatic carbocycles. The Balaban J connectivity index is 2.91. The van der Waals surface area contributed by atoms with Crippen LogP contribution in [0.2, 0.25) is 13.1 Å². The molecule has 0 atom stereocenters. The average molecular weight is 300 g/mol. The number of benzene rings is 1. The first kappa shape index (κ1) is 13.9. The lowest BCUT2D eigenvalue weighted by Gasteiger charge is -2.20. The van der Waals surface area contributed by atoms with Gasteiger partial charge in [0.1, 0.15) is 0 Å². The summed E-state index contributed by atoms with van der Waals surface area (Å²) in [5.74, 6) is 0. The molecule has 1 rings (SSSR count). The monoisotopic (exact) mass is 299 g/mol. The van der Waals surface area contributed by atoms with Crippen LogP contribution < -0.4 is 0 Å². The summed E-state index contributed by atoms with van der Waals surface area (Å²) >= 11 is 3.58. The van der Waals surface area contributed by atoms with E-state index in [1.165, 1.54) is 11.1 Å². The van der Waals surface area contributed by atoms with E-state index < -0.39 is 9.04 Å². The highest BCUT2D eigenvalue weighted by Crippen LogP contribution is 2.27. The second kappa shape index (κ2) is 5.47. The molecule has 1 nitrogen and oxygen atoms in total. The van der Waals surface area contributed by atoms with Gasteiger partial charge in [0, 0.05) is 4.47 Å². The second-order valence-corrected chi connectivity index (χ2v) is 8.21. The molecule has 1 aromatic rings. The van der Waals surface area contributed by atoms with Gasteiger partial charge >= 0.3 is 0 Å². The predicted molar refractivity (Wildman–Crippen MR) is 75.1 cm³/mol. The van der Waals surface area contributed by atoms with Gasteiger partial charge in [0.25, 0.3) is 0 Å². The van der Waals surface area contributed by atoms with Crippen molar-refractivity contribution in [2.24, 2.45) is 0 Å². The van der Waals surface area contributed by atoms with E-state index >= 15 is 0 Å². The maximum atomic E-state index is 5.75. The number of hydrogen-bond acceptors (Lipinski definition) is 1. The Morgan fingerprint density at radius 3 is 2.38 bits per heavy atom. The Hall–Kier alpha value is -0.123. The highest BCUT2D eigenvalue weighted by molar-refractivity contribution is 9.10. The molecule has 0 aliphatic rings. The Morgan fingerprint density at radius 2 is 1.88 bits per heavy atom. The van der Waals surface area contributed by atoms with Gasteiger partial charge in [-0.2, -0.15) is 0 Å². The predicted octanol–water partition coefficient (Wildman–Crippen LogP) is 4.51. The first-order valence-corrected chi connectivity index (χ1v) is 8.72.